The maximum absolute atomic E-state index is 14.6. The number of nitrogens with one attached hydrogen (secondary N) is 3. The van der Waals surface area contributed by atoms with Crippen molar-refractivity contribution < 1.29 is 18.3 Å². The molecule has 1 aliphatic heterocycles. The molecule has 0 aromatic carbocycles. The minimum Gasteiger partial charge on any atom is -0.452 e. The zero-order valence-electron chi connectivity index (χ0n) is 16.0. The Bertz CT molecular complexity index is 1350. The van der Waals surface area contributed by atoms with E-state index in [1.54, 1.807) is 0 Å². The van der Waals surface area contributed by atoms with E-state index >= 15 is 0 Å². The summed E-state index contributed by atoms with van der Waals surface area (Å²) in [5.41, 5.74) is 2.46. The molecule has 3 aromatic rings. The molecule has 32 heavy (non-hydrogen) atoms. The molecule has 15 heteroatoms. The summed E-state index contributed by atoms with van der Waals surface area (Å²) in [5, 5.41) is 5.88. The van der Waals surface area contributed by atoms with Crippen molar-refractivity contribution in [3.8, 4) is 17.3 Å². The van der Waals surface area contributed by atoms with Gasteiger partial charge in [0.2, 0.25) is 0 Å². The molecule has 1 saturated heterocycles. The summed E-state index contributed by atoms with van der Waals surface area (Å²) in [7, 11) is 0. The predicted octanol–water partition coefficient (Wildman–Crippen LogP) is -1.39. The highest BCUT2D eigenvalue weighted by molar-refractivity contribution is 5.92. The van der Waals surface area contributed by atoms with Crippen LogP contribution in [0.4, 0.5) is 14.5 Å². The number of amides is 1. The first-order valence-corrected chi connectivity index (χ1v) is 8.97. The van der Waals surface area contributed by atoms with Gasteiger partial charge in [-0.05, 0) is 6.07 Å². The summed E-state index contributed by atoms with van der Waals surface area (Å²) < 4.78 is 34.3. The number of hydrogen-bond acceptors (Lipinski definition) is 9. The Morgan fingerprint density at radius 3 is 2.59 bits per heavy atom. The normalized spacial score (nSPS) is 17.3. The second-order valence-corrected chi connectivity index (χ2v) is 6.82. The molecular weight excluding hydrogens is 434 g/mol. The number of carbonyl (C=O) groups is 1. The highest BCUT2D eigenvalue weighted by Crippen LogP contribution is 2.32. The standard InChI is InChI=1S/C17H14F2N8O5/c18-17(19)6-27(5-11(17)32-16-22-2-7(3-23-16)12(20)28)10-1-9(25-26-14(10)30)8-4-21-15(31)24-13(8)29/h1-4,11H,5-6H2,(H2,20,28)(H,26,30)(H2,21,24,29,31). The molecule has 1 aliphatic rings. The molecule has 5 N–H and O–H groups in total. The maximum atomic E-state index is 14.6. The minimum atomic E-state index is -3.39. The molecule has 0 saturated carbocycles. The van der Waals surface area contributed by atoms with Crippen LogP contribution in [0, 0.1) is 0 Å². The molecule has 0 spiro atoms. The third-order valence-electron chi connectivity index (χ3n) is 4.64. The number of halogens is 2. The second-order valence-electron chi connectivity index (χ2n) is 6.82. The maximum Gasteiger partial charge on any atom is 0.325 e. The SMILES string of the molecule is NC(=O)c1cnc(OC2CN(c3cc(-c4c[nH]c(=O)[nH]c4=O)n[nH]c3=O)CC2(F)F)nc1. The number of aromatic amines is 3. The van der Waals surface area contributed by atoms with Crippen molar-refractivity contribution >= 4 is 11.6 Å². The fraction of sp³-hybridized carbons (Fsp3) is 0.235. The van der Waals surface area contributed by atoms with E-state index in [-0.39, 0.29) is 22.5 Å². The van der Waals surface area contributed by atoms with Gasteiger partial charge in [-0.3, -0.25) is 19.4 Å². The summed E-state index contributed by atoms with van der Waals surface area (Å²) in [6.07, 6.45) is 1.45. The fourth-order valence-corrected chi connectivity index (χ4v) is 3.06. The molecular formula is C17H14F2N8O5. The largest absolute Gasteiger partial charge is 0.452 e. The van der Waals surface area contributed by atoms with Crippen LogP contribution in [-0.2, 0) is 0 Å². The molecule has 0 radical (unpaired) electrons. The third kappa shape index (κ3) is 3.94. The van der Waals surface area contributed by atoms with E-state index in [1.807, 2.05) is 4.98 Å². The number of anilines is 1. The lowest BCUT2D eigenvalue weighted by Gasteiger charge is -2.17. The molecule has 0 bridgehead atoms. The molecule has 166 valence electrons. The molecule has 4 heterocycles. The molecule has 1 unspecified atom stereocenters. The Labute approximate surface area is 175 Å². The van der Waals surface area contributed by atoms with Crippen LogP contribution in [-0.4, -0.2) is 61.2 Å². The summed E-state index contributed by atoms with van der Waals surface area (Å²) in [4.78, 5) is 59.2. The molecule has 4 rings (SSSR count). The number of aromatic nitrogens is 6. The number of nitrogens with two attached hydrogens (primary N) is 1. The first kappa shape index (κ1) is 20.8. The number of rotatable bonds is 5. The number of H-pyrrole nitrogens is 3. The summed E-state index contributed by atoms with van der Waals surface area (Å²) in [6, 6.07) is 0.754. The molecule has 1 fully saturated rings. The second kappa shape index (κ2) is 7.68. The van der Waals surface area contributed by atoms with Crippen LogP contribution in [0.15, 0.2) is 39.0 Å². The predicted molar refractivity (Wildman–Crippen MR) is 104 cm³/mol. The van der Waals surface area contributed by atoms with Gasteiger partial charge in [0, 0.05) is 18.6 Å². The third-order valence-corrected chi connectivity index (χ3v) is 4.64. The van der Waals surface area contributed by atoms with E-state index in [2.05, 4.69) is 25.1 Å². The first-order chi connectivity index (χ1) is 15.1. The van der Waals surface area contributed by atoms with Crippen molar-refractivity contribution in [1.29, 1.82) is 0 Å². The van der Waals surface area contributed by atoms with Gasteiger partial charge in [0.15, 0.2) is 6.10 Å². The molecule has 1 amide bonds. The topological polar surface area (TPSA) is 193 Å². The Kier molecular flexibility index (Phi) is 5.00. The van der Waals surface area contributed by atoms with E-state index < -0.39 is 53.8 Å². The molecule has 13 nitrogen and oxygen atoms in total. The van der Waals surface area contributed by atoms with Gasteiger partial charge in [-0.1, -0.05) is 0 Å². The van der Waals surface area contributed by atoms with Crippen LogP contribution in [0.2, 0.25) is 0 Å². The smallest absolute Gasteiger partial charge is 0.325 e. The lowest BCUT2D eigenvalue weighted by Crippen LogP contribution is -2.37. The zero-order valence-corrected chi connectivity index (χ0v) is 16.0. The highest BCUT2D eigenvalue weighted by atomic mass is 19.3. The van der Waals surface area contributed by atoms with Crippen molar-refractivity contribution in [2.75, 3.05) is 18.0 Å². The van der Waals surface area contributed by atoms with Crippen LogP contribution in [0.3, 0.4) is 0 Å². The molecule has 3 aromatic heterocycles. The number of ether oxygens (including phenoxy) is 1. The Balaban J connectivity index is 1.60. The fourth-order valence-electron chi connectivity index (χ4n) is 3.06. The summed E-state index contributed by atoms with van der Waals surface area (Å²) in [6.45, 7) is -1.28. The van der Waals surface area contributed by atoms with Crippen molar-refractivity contribution in [2.24, 2.45) is 5.73 Å². The average Bonchev–Trinajstić information content (AvgIpc) is 3.03. The first-order valence-electron chi connectivity index (χ1n) is 8.97. The zero-order chi connectivity index (χ0) is 23.0. The quantitative estimate of drug-likeness (QED) is 0.363. The number of alkyl halides is 2. The van der Waals surface area contributed by atoms with Gasteiger partial charge in [-0.25, -0.2) is 28.6 Å². The van der Waals surface area contributed by atoms with Crippen LogP contribution in [0.1, 0.15) is 10.4 Å². The van der Waals surface area contributed by atoms with E-state index in [0.29, 0.717) is 0 Å². The van der Waals surface area contributed by atoms with Gasteiger partial charge in [-0.15, -0.1) is 0 Å². The van der Waals surface area contributed by atoms with Crippen molar-refractivity contribution in [3.63, 3.8) is 0 Å². The van der Waals surface area contributed by atoms with Crippen molar-refractivity contribution in [1.82, 2.24) is 30.1 Å². The Morgan fingerprint density at radius 2 is 1.94 bits per heavy atom. The molecule has 1 atom stereocenters. The van der Waals surface area contributed by atoms with Crippen LogP contribution in [0.5, 0.6) is 6.01 Å². The van der Waals surface area contributed by atoms with Crippen LogP contribution >= 0.6 is 0 Å². The number of nitrogens with zero attached hydrogens (tertiary/aromatic N) is 4. The highest BCUT2D eigenvalue weighted by Gasteiger charge is 2.51. The van der Waals surface area contributed by atoms with Gasteiger partial charge in [-0.2, -0.15) is 5.10 Å². The van der Waals surface area contributed by atoms with Crippen molar-refractivity contribution in [2.45, 2.75) is 12.0 Å². The van der Waals surface area contributed by atoms with Gasteiger partial charge >= 0.3 is 17.6 Å². The van der Waals surface area contributed by atoms with E-state index in [0.717, 1.165) is 29.6 Å². The van der Waals surface area contributed by atoms with E-state index in [1.165, 1.54) is 0 Å². The number of carbonyl (C=O) groups excluding carboxylic acids is 1. The summed E-state index contributed by atoms with van der Waals surface area (Å²) >= 11 is 0. The lowest BCUT2D eigenvalue weighted by molar-refractivity contribution is -0.0625. The van der Waals surface area contributed by atoms with E-state index in [9.17, 15) is 28.0 Å². The minimum absolute atomic E-state index is 0.0229. The average molecular weight is 448 g/mol. The van der Waals surface area contributed by atoms with Crippen molar-refractivity contribution in [3.05, 3.63) is 61.4 Å². The van der Waals surface area contributed by atoms with Gasteiger partial charge in [0.1, 0.15) is 5.69 Å². The van der Waals surface area contributed by atoms with Gasteiger partial charge in [0.25, 0.3) is 17.0 Å². The van der Waals surface area contributed by atoms with E-state index in [4.69, 9.17) is 10.5 Å². The molecule has 0 aliphatic carbocycles. The number of primary amides is 1. The monoisotopic (exact) mass is 448 g/mol. The lowest BCUT2D eigenvalue weighted by atomic mass is 10.2. The number of hydrogen-bond donors (Lipinski definition) is 4. The van der Waals surface area contributed by atoms with Gasteiger partial charge < -0.3 is 20.4 Å². The van der Waals surface area contributed by atoms with Gasteiger partial charge in [0.05, 0.1) is 29.9 Å². The summed E-state index contributed by atoms with van der Waals surface area (Å²) in [5.74, 6) is -4.18. The Morgan fingerprint density at radius 1 is 1.22 bits per heavy atom. The van der Waals surface area contributed by atoms with Crippen LogP contribution < -0.4 is 32.2 Å². The van der Waals surface area contributed by atoms with Crippen LogP contribution in [0.25, 0.3) is 11.3 Å². The Hall–Kier alpha value is -4.43.